The van der Waals surface area contributed by atoms with Gasteiger partial charge in [0.25, 0.3) is 0 Å². The summed E-state index contributed by atoms with van der Waals surface area (Å²) in [6.07, 6.45) is 8.36. The van der Waals surface area contributed by atoms with Gasteiger partial charge in [-0.25, -0.2) is 0 Å². The topological polar surface area (TPSA) is 9.23 Å². The lowest BCUT2D eigenvalue weighted by atomic mass is 9.77. The van der Waals surface area contributed by atoms with E-state index in [1.165, 1.54) is 44.1 Å². The van der Waals surface area contributed by atoms with Crippen molar-refractivity contribution in [1.29, 1.82) is 0 Å². The minimum atomic E-state index is 0. The first-order valence-corrected chi connectivity index (χ1v) is 6.97. The van der Waals surface area contributed by atoms with Crippen LogP contribution in [0.1, 0.15) is 58.4 Å². The summed E-state index contributed by atoms with van der Waals surface area (Å²) in [5.41, 5.74) is 1.50. The van der Waals surface area contributed by atoms with Crippen molar-refractivity contribution in [3.63, 3.8) is 0 Å². The SMILES string of the molecule is CCCC1CCC(c2ccc(OC)cc2)CC1.[HH]. The molecule has 1 aliphatic rings. The summed E-state index contributed by atoms with van der Waals surface area (Å²) in [4.78, 5) is 0. The average Bonchev–Trinajstić information content (AvgIpc) is 2.40. The molecule has 17 heavy (non-hydrogen) atoms. The Labute approximate surface area is 107 Å². The highest BCUT2D eigenvalue weighted by atomic mass is 16.5. The molecule has 0 N–H and O–H groups in total. The van der Waals surface area contributed by atoms with E-state index in [9.17, 15) is 0 Å². The monoisotopic (exact) mass is 234 g/mol. The molecule has 0 unspecified atom stereocenters. The standard InChI is InChI=1S/C16H24O.H2/c1-3-4-13-5-7-14(8-6-13)15-9-11-16(17-2)12-10-15;/h9-14H,3-8H2,1-2H3;1H. The zero-order chi connectivity index (χ0) is 12.1. The molecule has 0 atom stereocenters. The van der Waals surface area contributed by atoms with Crippen molar-refractivity contribution in [2.45, 2.75) is 51.4 Å². The van der Waals surface area contributed by atoms with Crippen LogP contribution in [0.4, 0.5) is 0 Å². The maximum atomic E-state index is 5.21. The first-order chi connectivity index (χ1) is 8.33. The van der Waals surface area contributed by atoms with Gasteiger partial charge in [0.15, 0.2) is 0 Å². The Bertz CT molecular complexity index is 325. The fraction of sp³-hybridized carbons (Fsp3) is 0.625. The highest BCUT2D eigenvalue weighted by molar-refractivity contribution is 5.29. The van der Waals surface area contributed by atoms with Gasteiger partial charge in [0.05, 0.1) is 7.11 Å². The molecular weight excluding hydrogens is 208 g/mol. The van der Waals surface area contributed by atoms with E-state index in [1.54, 1.807) is 7.11 Å². The van der Waals surface area contributed by atoms with Gasteiger partial charge < -0.3 is 4.74 Å². The molecule has 0 spiro atoms. The summed E-state index contributed by atoms with van der Waals surface area (Å²) < 4.78 is 5.21. The zero-order valence-corrected chi connectivity index (χ0v) is 11.1. The summed E-state index contributed by atoms with van der Waals surface area (Å²) in [6.45, 7) is 2.30. The van der Waals surface area contributed by atoms with Crippen molar-refractivity contribution in [1.82, 2.24) is 0 Å². The third-order valence-electron chi connectivity index (χ3n) is 4.13. The van der Waals surface area contributed by atoms with Crippen molar-refractivity contribution < 1.29 is 6.16 Å². The molecule has 0 aliphatic heterocycles. The first kappa shape index (κ1) is 12.5. The zero-order valence-electron chi connectivity index (χ0n) is 11.1. The predicted octanol–water partition coefficient (Wildman–Crippen LogP) is 5.02. The summed E-state index contributed by atoms with van der Waals surface area (Å²) in [6, 6.07) is 8.66. The predicted molar refractivity (Wildman–Crippen MR) is 74.7 cm³/mol. The molecule has 0 bridgehead atoms. The second kappa shape index (κ2) is 6.09. The second-order valence-corrected chi connectivity index (χ2v) is 5.28. The number of hydrogen-bond acceptors (Lipinski definition) is 1. The number of hydrogen-bond donors (Lipinski definition) is 0. The Hall–Kier alpha value is -0.980. The second-order valence-electron chi connectivity index (χ2n) is 5.28. The molecule has 0 saturated heterocycles. The lowest BCUT2D eigenvalue weighted by molar-refractivity contribution is 0.308. The van der Waals surface area contributed by atoms with Crippen LogP contribution in [0.5, 0.6) is 5.75 Å². The third-order valence-corrected chi connectivity index (χ3v) is 4.13. The molecule has 1 saturated carbocycles. The molecule has 96 valence electrons. The Morgan fingerprint density at radius 1 is 1.12 bits per heavy atom. The molecule has 0 aromatic heterocycles. The minimum absolute atomic E-state index is 0. The van der Waals surface area contributed by atoms with Gasteiger partial charge in [-0.3, -0.25) is 0 Å². The van der Waals surface area contributed by atoms with Gasteiger partial charge in [0, 0.05) is 1.43 Å². The van der Waals surface area contributed by atoms with E-state index < -0.39 is 0 Å². The maximum absolute atomic E-state index is 5.21. The van der Waals surface area contributed by atoms with Crippen LogP contribution < -0.4 is 4.74 Å². The molecule has 0 heterocycles. The van der Waals surface area contributed by atoms with Crippen LogP contribution in [0.3, 0.4) is 0 Å². The Morgan fingerprint density at radius 2 is 1.76 bits per heavy atom. The van der Waals surface area contributed by atoms with Crippen molar-refractivity contribution >= 4 is 0 Å². The van der Waals surface area contributed by atoms with Crippen LogP contribution in [0.25, 0.3) is 0 Å². The number of ether oxygens (including phenoxy) is 1. The van der Waals surface area contributed by atoms with Gasteiger partial charge in [0.2, 0.25) is 0 Å². The van der Waals surface area contributed by atoms with Crippen molar-refractivity contribution in [3.8, 4) is 5.75 Å². The Balaban J connectivity index is 0.00000162. The van der Waals surface area contributed by atoms with Crippen LogP contribution in [-0.4, -0.2) is 7.11 Å². The van der Waals surface area contributed by atoms with Crippen molar-refractivity contribution in [3.05, 3.63) is 29.8 Å². The van der Waals surface area contributed by atoms with Gasteiger partial charge in [-0.2, -0.15) is 0 Å². The number of benzene rings is 1. The smallest absolute Gasteiger partial charge is 0.118 e. The van der Waals surface area contributed by atoms with Crippen LogP contribution in [-0.2, 0) is 0 Å². The molecule has 1 aromatic carbocycles. The van der Waals surface area contributed by atoms with Gasteiger partial charge in [-0.05, 0) is 55.2 Å². The molecular formula is C16H26O. The van der Waals surface area contributed by atoms with Crippen molar-refractivity contribution in [2.75, 3.05) is 7.11 Å². The van der Waals surface area contributed by atoms with E-state index in [4.69, 9.17) is 4.74 Å². The van der Waals surface area contributed by atoms with Crippen LogP contribution in [0.15, 0.2) is 24.3 Å². The lowest BCUT2D eigenvalue weighted by Gasteiger charge is -2.28. The molecule has 2 rings (SSSR count). The van der Waals surface area contributed by atoms with E-state index in [0.717, 1.165) is 17.6 Å². The fourth-order valence-electron chi connectivity index (χ4n) is 3.07. The van der Waals surface area contributed by atoms with E-state index in [0.29, 0.717) is 0 Å². The largest absolute Gasteiger partial charge is 0.497 e. The summed E-state index contributed by atoms with van der Waals surface area (Å²) >= 11 is 0. The molecule has 1 aromatic rings. The van der Waals surface area contributed by atoms with E-state index in [1.807, 2.05) is 0 Å². The van der Waals surface area contributed by atoms with E-state index in [-0.39, 0.29) is 1.43 Å². The summed E-state index contributed by atoms with van der Waals surface area (Å²) in [5, 5.41) is 0. The number of rotatable bonds is 4. The molecule has 1 aliphatic carbocycles. The quantitative estimate of drug-likeness (QED) is 0.711. The first-order valence-electron chi connectivity index (χ1n) is 6.97. The Kier molecular flexibility index (Phi) is 4.47. The van der Waals surface area contributed by atoms with E-state index >= 15 is 0 Å². The third kappa shape index (κ3) is 3.24. The van der Waals surface area contributed by atoms with Gasteiger partial charge in [0.1, 0.15) is 5.75 Å². The lowest BCUT2D eigenvalue weighted by Crippen LogP contribution is -2.13. The van der Waals surface area contributed by atoms with Gasteiger partial charge in [-0.15, -0.1) is 0 Å². The van der Waals surface area contributed by atoms with Crippen LogP contribution >= 0.6 is 0 Å². The van der Waals surface area contributed by atoms with Gasteiger partial charge >= 0.3 is 0 Å². The number of methoxy groups -OCH3 is 1. The summed E-state index contributed by atoms with van der Waals surface area (Å²) in [7, 11) is 1.73. The van der Waals surface area contributed by atoms with Crippen LogP contribution in [0, 0.1) is 5.92 Å². The molecule has 0 amide bonds. The molecule has 1 fully saturated rings. The van der Waals surface area contributed by atoms with Crippen LogP contribution in [0.2, 0.25) is 0 Å². The average molecular weight is 234 g/mol. The van der Waals surface area contributed by atoms with E-state index in [2.05, 4.69) is 31.2 Å². The Morgan fingerprint density at radius 3 is 2.29 bits per heavy atom. The fourth-order valence-corrected chi connectivity index (χ4v) is 3.07. The van der Waals surface area contributed by atoms with Crippen molar-refractivity contribution in [2.24, 2.45) is 5.92 Å². The highest BCUT2D eigenvalue weighted by Gasteiger charge is 2.21. The van der Waals surface area contributed by atoms with Gasteiger partial charge in [-0.1, -0.05) is 31.9 Å². The molecule has 0 radical (unpaired) electrons. The minimum Gasteiger partial charge on any atom is -0.497 e. The maximum Gasteiger partial charge on any atom is 0.118 e. The highest BCUT2D eigenvalue weighted by Crippen LogP contribution is 2.37. The molecule has 1 heteroatoms. The molecule has 1 nitrogen and oxygen atoms in total. The normalized spacial score (nSPS) is 24.6. The summed E-state index contributed by atoms with van der Waals surface area (Å²) in [5.74, 6) is 2.75.